The molecule has 0 radical (unpaired) electrons. The lowest BCUT2D eigenvalue weighted by Gasteiger charge is -2.08. The quantitative estimate of drug-likeness (QED) is 0.646. The van der Waals surface area contributed by atoms with Gasteiger partial charge in [0.2, 0.25) is 0 Å². The van der Waals surface area contributed by atoms with E-state index >= 15 is 0 Å². The van der Waals surface area contributed by atoms with E-state index in [2.05, 4.69) is 4.98 Å². The van der Waals surface area contributed by atoms with E-state index in [-0.39, 0.29) is 5.56 Å². The molecule has 0 aromatic carbocycles. The molecule has 6 nitrogen and oxygen atoms in total. The van der Waals surface area contributed by atoms with Crippen molar-refractivity contribution in [1.82, 2.24) is 4.98 Å². The van der Waals surface area contributed by atoms with E-state index in [0.717, 1.165) is 6.20 Å². The van der Waals surface area contributed by atoms with E-state index in [4.69, 9.17) is 5.11 Å². The van der Waals surface area contributed by atoms with E-state index in [1.807, 2.05) is 0 Å². The average Bonchev–Trinajstić information content (AvgIpc) is 2.15. The molecule has 8 heteroatoms. The van der Waals surface area contributed by atoms with Gasteiger partial charge in [-0.3, -0.25) is 19.9 Å². The van der Waals surface area contributed by atoms with Crippen molar-refractivity contribution in [2.75, 3.05) is 0 Å². The molecule has 0 amide bonds. The first-order valence-electron chi connectivity index (χ1n) is 4.47. The lowest BCUT2D eigenvalue weighted by molar-refractivity contribution is -0.386. The van der Waals surface area contributed by atoms with E-state index < -0.39 is 40.7 Å². The lowest BCUT2D eigenvalue weighted by Crippen LogP contribution is -2.10. The van der Waals surface area contributed by atoms with Gasteiger partial charge in [-0.15, -0.1) is 0 Å². The van der Waals surface area contributed by atoms with Crippen molar-refractivity contribution in [2.45, 2.75) is 19.8 Å². The Hall–Kier alpha value is -2.12. The number of carboxylic acid groups (broad SMARTS) is 1. The molecular weight excluding hydrogens is 238 g/mol. The van der Waals surface area contributed by atoms with Gasteiger partial charge in [0.05, 0.1) is 16.9 Å². The van der Waals surface area contributed by atoms with E-state index in [9.17, 15) is 23.7 Å². The van der Waals surface area contributed by atoms with Gasteiger partial charge in [0.25, 0.3) is 12.1 Å². The number of rotatable bonds is 4. The highest BCUT2D eigenvalue weighted by Crippen LogP contribution is 2.30. The zero-order chi connectivity index (χ0) is 13.2. The molecule has 1 N–H and O–H groups in total. The summed E-state index contributed by atoms with van der Waals surface area (Å²) in [4.78, 5) is 23.8. The van der Waals surface area contributed by atoms with Gasteiger partial charge in [-0.25, -0.2) is 8.78 Å². The van der Waals surface area contributed by atoms with E-state index in [0.29, 0.717) is 0 Å². The van der Waals surface area contributed by atoms with Crippen LogP contribution in [0.15, 0.2) is 6.20 Å². The highest BCUT2D eigenvalue weighted by molar-refractivity contribution is 5.73. The minimum absolute atomic E-state index is 0.0515. The van der Waals surface area contributed by atoms with Crippen molar-refractivity contribution in [3.05, 3.63) is 33.1 Å². The molecule has 0 aliphatic heterocycles. The summed E-state index contributed by atoms with van der Waals surface area (Å²) in [6, 6.07) is 0. The number of nitro groups is 1. The Morgan fingerprint density at radius 3 is 2.65 bits per heavy atom. The molecular formula is C9H8F2N2O4. The predicted octanol–water partition coefficient (Wildman–Crippen LogP) is 1.86. The van der Waals surface area contributed by atoms with Gasteiger partial charge in [-0.2, -0.15) is 0 Å². The van der Waals surface area contributed by atoms with Gasteiger partial charge in [-0.05, 0) is 6.92 Å². The highest BCUT2D eigenvalue weighted by Gasteiger charge is 2.27. The topological polar surface area (TPSA) is 93.3 Å². The van der Waals surface area contributed by atoms with Gasteiger partial charge >= 0.3 is 5.97 Å². The Bertz CT molecular complexity index is 476. The largest absolute Gasteiger partial charge is 0.481 e. The number of alkyl halides is 2. The molecule has 1 heterocycles. The molecule has 0 saturated heterocycles. The van der Waals surface area contributed by atoms with Crippen molar-refractivity contribution in [3.63, 3.8) is 0 Å². The lowest BCUT2D eigenvalue weighted by atomic mass is 10.0. The predicted molar refractivity (Wildman–Crippen MR) is 51.9 cm³/mol. The molecule has 0 spiro atoms. The van der Waals surface area contributed by atoms with Crippen LogP contribution in [0.4, 0.5) is 14.5 Å². The van der Waals surface area contributed by atoms with Crippen LogP contribution >= 0.6 is 0 Å². The van der Waals surface area contributed by atoms with Crippen LogP contribution in [0.5, 0.6) is 0 Å². The van der Waals surface area contributed by atoms with Crippen LogP contribution < -0.4 is 0 Å². The van der Waals surface area contributed by atoms with Crippen LogP contribution in [0.2, 0.25) is 0 Å². The summed E-state index contributed by atoms with van der Waals surface area (Å²) in [5.74, 6) is -1.43. The van der Waals surface area contributed by atoms with Crippen molar-refractivity contribution in [2.24, 2.45) is 0 Å². The number of carboxylic acids is 1. The van der Waals surface area contributed by atoms with Crippen LogP contribution in [0.1, 0.15) is 23.2 Å². The van der Waals surface area contributed by atoms with Gasteiger partial charge in [0.1, 0.15) is 5.69 Å². The molecule has 0 atom stereocenters. The summed E-state index contributed by atoms with van der Waals surface area (Å²) in [5.41, 5.74) is -1.96. The molecule has 1 aromatic heterocycles. The molecule has 17 heavy (non-hydrogen) atoms. The molecule has 1 aromatic rings. The summed E-state index contributed by atoms with van der Waals surface area (Å²) in [6.07, 6.45) is -2.97. The number of aliphatic carboxylic acids is 1. The number of hydrogen-bond donors (Lipinski definition) is 1. The molecule has 0 aliphatic rings. The molecule has 0 aliphatic carbocycles. The summed E-state index contributed by atoms with van der Waals surface area (Å²) >= 11 is 0. The van der Waals surface area contributed by atoms with Crippen LogP contribution in [-0.2, 0) is 11.2 Å². The van der Waals surface area contributed by atoms with Gasteiger partial charge in [0.15, 0.2) is 0 Å². The maximum absolute atomic E-state index is 12.6. The number of aromatic nitrogens is 1. The Labute approximate surface area is 94.1 Å². The third-order valence-corrected chi connectivity index (χ3v) is 2.08. The highest BCUT2D eigenvalue weighted by atomic mass is 19.3. The smallest absolute Gasteiger partial charge is 0.308 e. The van der Waals surface area contributed by atoms with Crippen LogP contribution in [0.25, 0.3) is 0 Å². The van der Waals surface area contributed by atoms with Gasteiger partial charge in [0, 0.05) is 11.8 Å². The zero-order valence-corrected chi connectivity index (χ0v) is 8.68. The van der Waals surface area contributed by atoms with Crippen molar-refractivity contribution < 1.29 is 23.6 Å². The molecule has 0 bridgehead atoms. The van der Waals surface area contributed by atoms with Crippen molar-refractivity contribution >= 4 is 11.7 Å². The number of carbonyl (C=O) groups is 1. The molecule has 0 fully saturated rings. The fraction of sp³-hybridized carbons (Fsp3) is 0.333. The summed E-state index contributed by atoms with van der Waals surface area (Å²) < 4.78 is 25.2. The SMILES string of the molecule is Cc1cnc(C(F)F)c(CC(=O)O)c1[N+](=O)[O-]. The number of nitrogens with zero attached hydrogens (tertiary/aromatic N) is 2. The fourth-order valence-electron chi connectivity index (χ4n) is 1.43. The maximum atomic E-state index is 12.6. The Morgan fingerprint density at radius 1 is 1.65 bits per heavy atom. The fourth-order valence-corrected chi connectivity index (χ4v) is 1.43. The second-order valence-corrected chi connectivity index (χ2v) is 3.28. The first-order valence-corrected chi connectivity index (χ1v) is 4.47. The van der Waals surface area contributed by atoms with E-state index in [1.54, 1.807) is 0 Å². The second kappa shape index (κ2) is 4.81. The normalized spacial score (nSPS) is 10.6. The van der Waals surface area contributed by atoms with Crippen LogP contribution in [0.3, 0.4) is 0 Å². The maximum Gasteiger partial charge on any atom is 0.308 e. The van der Waals surface area contributed by atoms with Crippen LogP contribution in [0, 0.1) is 17.0 Å². The minimum Gasteiger partial charge on any atom is -0.481 e. The standard InChI is InChI=1S/C9H8F2N2O4/c1-4-3-12-7(9(10)11)5(2-6(14)15)8(4)13(16)17/h3,9H,2H2,1H3,(H,14,15). The third kappa shape index (κ3) is 2.71. The summed E-state index contributed by atoms with van der Waals surface area (Å²) in [7, 11) is 0. The molecule has 92 valence electrons. The Kier molecular flexibility index (Phi) is 3.66. The van der Waals surface area contributed by atoms with Crippen LogP contribution in [-0.4, -0.2) is 21.0 Å². The van der Waals surface area contributed by atoms with Crippen molar-refractivity contribution in [3.8, 4) is 0 Å². The Morgan fingerprint density at radius 2 is 2.24 bits per heavy atom. The summed E-state index contributed by atoms with van der Waals surface area (Å²) in [5, 5.41) is 19.3. The average molecular weight is 246 g/mol. The van der Waals surface area contributed by atoms with Gasteiger partial charge in [-0.1, -0.05) is 0 Å². The first kappa shape index (κ1) is 12.9. The Balaban J connectivity index is 3.49. The number of halogens is 2. The molecule has 0 saturated carbocycles. The monoisotopic (exact) mass is 246 g/mol. The van der Waals surface area contributed by atoms with E-state index in [1.165, 1.54) is 6.92 Å². The first-order chi connectivity index (χ1) is 7.84. The number of hydrogen-bond acceptors (Lipinski definition) is 4. The second-order valence-electron chi connectivity index (χ2n) is 3.28. The third-order valence-electron chi connectivity index (χ3n) is 2.08. The molecule has 0 unspecified atom stereocenters. The number of aryl methyl sites for hydroxylation is 1. The van der Waals surface area contributed by atoms with Gasteiger partial charge < -0.3 is 5.11 Å². The zero-order valence-electron chi connectivity index (χ0n) is 8.68. The minimum atomic E-state index is -3.05. The molecule has 1 rings (SSSR count). The van der Waals surface area contributed by atoms with Crippen molar-refractivity contribution in [1.29, 1.82) is 0 Å². The summed E-state index contributed by atoms with van der Waals surface area (Å²) in [6.45, 7) is 1.31. The number of pyridine rings is 1.